The molecule has 12 heterocycles. The van der Waals surface area contributed by atoms with E-state index < -0.39 is 34.9 Å². The molecule has 0 radical (unpaired) electrons. The first-order valence-corrected chi connectivity index (χ1v) is 48.4. The lowest BCUT2D eigenvalue weighted by atomic mass is 9.96. The number of halogens is 6. The van der Waals surface area contributed by atoms with E-state index in [9.17, 15) is 41.9 Å². The van der Waals surface area contributed by atoms with Crippen molar-refractivity contribution in [2.45, 2.75) is 146 Å². The number of rotatable bonds is 15. The van der Waals surface area contributed by atoms with Crippen LogP contribution in [0, 0.1) is 55.7 Å². The summed E-state index contributed by atoms with van der Waals surface area (Å²) >= 11 is 4.94. The van der Waals surface area contributed by atoms with Crippen molar-refractivity contribution < 1.29 is 40.7 Å². The molecule has 0 bridgehead atoms. The number of benzene rings is 6. The quantitative estimate of drug-likeness (QED) is 0.0694. The Bertz CT molecular complexity index is 6070. The third-order valence-corrected chi connectivity index (χ3v) is 31.5. The molecule has 6 fully saturated rings. The summed E-state index contributed by atoms with van der Waals surface area (Å²) in [6.07, 6.45) is 4.00. The van der Waals surface area contributed by atoms with Gasteiger partial charge in [0.25, 0.3) is 0 Å². The first-order valence-electron chi connectivity index (χ1n) is 45.4. The lowest BCUT2D eigenvalue weighted by Crippen LogP contribution is -2.58. The van der Waals surface area contributed by atoms with E-state index in [2.05, 4.69) is 89.6 Å². The Hall–Kier alpha value is -9.84. The van der Waals surface area contributed by atoms with Crippen LogP contribution in [-0.2, 0) is 34.0 Å². The fourth-order valence-electron chi connectivity index (χ4n) is 20.8. The molecule has 33 heteroatoms. The molecule has 9 aromatic rings. The minimum absolute atomic E-state index is 0.0959. The van der Waals surface area contributed by atoms with Gasteiger partial charge in [-0.15, -0.1) is 35.3 Å². The van der Waals surface area contributed by atoms with Crippen LogP contribution in [0.3, 0.4) is 0 Å². The predicted octanol–water partition coefficient (Wildman–Crippen LogP) is 12.3. The lowest BCUT2D eigenvalue weighted by Gasteiger charge is -2.44. The predicted molar refractivity (Wildman–Crippen MR) is 508 cm³/mol. The molecule has 6 saturated heterocycles. The van der Waals surface area contributed by atoms with E-state index in [0.29, 0.717) is 123 Å². The van der Waals surface area contributed by atoms with Crippen molar-refractivity contribution in [3.63, 3.8) is 0 Å². The standard InChI is InChI=1S/2C33H40F2N6O2S.C31H36F2N6O2S/c1-6-28(42)39-16-22(5)40(17-21(39)4)32-26-14-20(3)29(25-9-8-23(34)15-27(25)35)31-30(26)41(33(43)36-32)18-24(19-44-31)38-12-10-37(7-2)11-13-38;1-6-28(42)41-21(4)16-39(17-22(41)5)32-26-14-20(3)29(25-9-8-23(34)15-27(25)35)31-30(26)40(33(43)36-32)18-24(19-44-31)38-12-10-37(7-2)11-13-38;1-4-26(40)37-12-14-38(15-13-37)30-24-16-20(3)27(23-7-6-21(32)17-25(23)33)29-28(24)39(31(41)34-30)18-22(19-42-29)36-10-8-35(5-2)9-11-36/h2*6,8-9,14-15,21-22,24H,1,7,10-13,16-19H2,2-5H3;4,6-7,16-17,22H,1,5,8-15,18-19H2,2-3H3/t2*21-,22+,24?;/m1../s1. The molecule has 690 valence electrons. The number of piperazine rings is 6. The van der Waals surface area contributed by atoms with E-state index in [-0.39, 0.29) is 77.1 Å². The summed E-state index contributed by atoms with van der Waals surface area (Å²) in [4.78, 5) is 122. The summed E-state index contributed by atoms with van der Waals surface area (Å²) in [5.41, 5.74) is 6.73. The van der Waals surface area contributed by atoms with Gasteiger partial charge in [-0.25, -0.2) is 40.7 Å². The SMILES string of the molecule is C=CC(=O)N1CCN(c2nc(=O)n3c4c(c(-c5ccc(F)cc5F)c(C)cc24)SCC(N2CCN(CC)CC2)C3)CC1.C=CC(=O)N1C[C@H](C)N(c2nc(=O)n3c4c(c(-c5ccc(F)cc5F)c(C)cc24)SCC(N2CCN(CC)CC2)C3)C[C@H]1C.C=CC(=O)N1[C@H](C)CN(c2nc(=O)n3c4c(c(-c5ccc(F)cc5F)c(C)cc24)SCC(N2CCN(CC)CC2)C3)C[C@@H]1C. The van der Waals surface area contributed by atoms with Crippen molar-refractivity contribution in [3.05, 3.63) is 194 Å². The zero-order chi connectivity index (χ0) is 92.1. The Labute approximate surface area is 767 Å². The molecule has 24 nitrogen and oxygen atoms in total. The van der Waals surface area contributed by atoms with Gasteiger partial charge in [-0.1, -0.05) is 40.5 Å². The van der Waals surface area contributed by atoms with Crippen molar-refractivity contribution in [1.29, 1.82) is 0 Å². The Morgan fingerprint density at radius 1 is 0.392 bits per heavy atom. The Balaban J connectivity index is 0.000000143. The number of nitrogens with zero attached hydrogens (tertiary/aromatic N) is 18. The minimum atomic E-state index is -0.630. The number of likely N-dealkylation sites (N-methyl/N-ethyl adjacent to an activating group) is 3. The highest BCUT2D eigenvalue weighted by Crippen LogP contribution is 2.49. The van der Waals surface area contributed by atoms with Gasteiger partial charge in [0, 0.05) is 293 Å². The van der Waals surface area contributed by atoms with E-state index in [1.54, 1.807) is 58.8 Å². The molecule has 7 atom stereocenters. The number of thioether (sulfide) groups is 3. The Kier molecular flexibility index (Phi) is 28.4. The van der Waals surface area contributed by atoms with Gasteiger partial charge in [0.2, 0.25) is 17.7 Å². The second-order valence-corrected chi connectivity index (χ2v) is 38.7. The van der Waals surface area contributed by atoms with E-state index in [1.807, 2.05) is 71.6 Å². The molecule has 0 saturated carbocycles. The number of aromatic nitrogens is 6. The van der Waals surface area contributed by atoms with Gasteiger partial charge in [-0.3, -0.25) is 42.8 Å². The summed E-state index contributed by atoms with van der Waals surface area (Å²) in [5, 5.41) is 2.49. The second-order valence-electron chi connectivity index (χ2n) is 35.7. The van der Waals surface area contributed by atoms with Gasteiger partial charge < -0.3 is 44.1 Å². The summed E-state index contributed by atoms with van der Waals surface area (Å²) in [7, 11) is 0. The zero-order valence-corrected chi connectivity index (χ0v) is 78.3. The largest absolute Gasteiger partial charge is 0.352 e. The average molecular weight is 1840 g/mol. The average Bonchev–Trinajstić information content (AvgIpc) is 1.39. The molecule has 3 aromatic heterocycles. The van der Waals surface area contributed by atoms with E-state index >= 15 is 13.2 Å². The van der Waals surface area contributed by atoms with Crippen LogP contribution in [0.15, 0.2) is 140 Å². The molecule has 130 heavy (non-hydrogen) atoms. The molecule has 0 spiro atoms. The van der Waals surface area contributed by atoms with Crippen LogP contribution >= 0.6 is 35.3 Å². The normalized spacial score (nSPS) is 22.2. The number of carbonyl (C=O) groups is 3. The third-order valence-electron chi connectivity index (χ3n) is 27.8. The Morgan fingerprint density at radius 3 is 1.07 bits per heavy atom. The van der Waals surface area contributed by atoms with Gasteiger partial charge in [-0.05, 0) is 158 Å². The highest BCUT2D eigenvalue weighted by molar-refractivity contribution is 8.00. The van der Waals surface area contributed by atoms with Gasteiger partial charge in [0.15, 0.2) is 0 Å². The number of hydrogen-bond acceptors (Lipinski definition) is 21. The maximum Gasteiger partial charge on any atom is 0.350 e. The molecule has 3 unspecified atom stereocenters. The van der Waals surface area contributed by atoms with Gasteiger partial charge >= 0.3 is 17.1 Å². The molecule has 0 aliphatic carbocycles. The first kappa shape index (κ1) is 93.4. The number of amides is 3. The number of carbonyl (C=O) groups excluding carboxylic acids is 3. The van der Waals surface area contributed by atoms with Gasteiger partial charge in [0.05, 0.1) is 16.6 Å². The minimum Gasteiger partial charge on any atom is -0.352 e. The third kappa shape index (κ3) is 18.5. The summed E-state index contributed by atoms with van der Waals surface area (Å²) in [5.74, 6) is -0.177. The number of aryl methyl sites for hydroxylation is 3. The Morgan fingerprint density at radius 2 is 0.731 bits per heavy atom. The molecular formula is C97H116F6N18O6S3. The monoisotopic (exact) mass is 1840 g/mol. The van der Waals surface area contributed by atoms with Crippen LogP contribution in [-0.4, -0.2) is 301 Å². The molecule has 9 aliphatic rings. The molecule has 9 aliphatic heterocycles. The summed E-state index contributed by atoms with van der Waals surface area (Å²) in [6.45, 7) is 51.2. The smallest absolute Gasteiger partial charge is 0.350 e. The maximum absolute atomic E-state index is 15.4. The topological polar surface area (TPSA) is 195 Å². The van der Waals surface area contributed by atoms with Crippen molar-refractivity contribution in [3.8, 4) is 33.4 Å². The fraction of sp³-hybridized carbons (Fsp3) is 0.474. The van der Waals surface area contributed by atoms with Crippen molar-refractivity contribution >= 4 is 103 Å². The van der Waals surface area contributed by atoms with Crippen molar-refractivity contribution in [1.82, 2.24) is 72.8 Å². The van der Waals surface area contributed by atoms with Gasteiger partial charge in [-0.2, -0.15) is 15.0 Å². The number of hydrogen-bond donors (Lipinski definition) is 0. The highest BCUT2D eigenvalue weighted by atomic mass is 32.2. The highest BCUT2D eigenvalue weighted by Gasteiger charge is 2.41. The molecular weight excluding hydrogens is 1720 g/mol. The van der Waals surface area contributed by atoms with Crippen LogP contribution in [0.25, 0.3) is 66.1 Å². The van der Waals surface area contributed by atoms with Crippen LogP contribution in [0.1, 0.15) is 65.2 Å². The van der Waals surface area contributed by atoms with E-state index in [0.717, 1.165) is 198 Å². The van der Waals surface area contributed by atoms with Crippen LogP contribution in [0.5, 0.6) is 0 Å². The zero-order valence-electron chi connectivity index (χ0n) is 75.8. The molecule has 18 rings (SSSR count). The first-order chi connectivity index (χ1) is 62.5. The summed E-state index contributed by atoms with van der Waals surface area (Å²) in [6, 6.07) is 16.9. The molecule has 6 aromatic carbocycles. The van der Waals surface area contributed by atoms with Crippen LogP contribution < -0.4 is 31.8 Å². The molecule has 3 amide bonds. The maximum atomic E-state index is 15.4. The van der Waals surface area contributed by atoms with E-state index in [1.165, 1.54) is 54.6 Å². The van der Waals surface area contributed by atoms with Crippen molar-refractivity contribution in [2.24, 2.45) is 0 Å². The lowest BCUT2D eigenvalue weighted by molar-refractivity contribution is -0.131. The number of anilines is 3. The second kappa shape index (κ2) is 39.5. The van der Waals surface area contributed by atoms with Crippen LogP contribution in [0.4, 0.5) is 43.8 Å². The fourth-order valence-corrected chi connectivity index (χ4v) is 25.1. The van der Waals surface area contributed by atoms with Crippen LogP contribution in [0.2, 0.25) is 0 Å². The van der Waals surface area contributed by atoms with Crippen molar-refractivity contribution in [2.75, 3.05) is 182 Å². The van der Waals surface area contributed by atoms with Gasteiger partial charge in [0.1, 0.15) is 52.4 Å². The molecule has 0 N–H and O–H groups in total. The van der Waals surface area contributed by atoms with E-state index in [4.69, 9.17) is 9.97 Å². The summed E-state index contributed by atoms with van der Waals surface area (Å²) < 4.78 is 93.2.